The average Bonchev–Trinajstić information content (AvgIpc) is 3.12. The molecule has 24 heteroatoms. The standard InChI is InChI=1S/C9H14N2O12P2.C6H11N3O5/c12-5-1-2-11(9(15)10-5)8-7(14)6(13)4(22-8)3-21-25(19,20)23-24(16,17)18;7-9-8-3(1-10)5(13)6(14)4(12)2-11/h1-2,4,6-8,13-14H,3H2,(H,19,20)(H,10,12,15)(H2,16,17,18);1,3-6,11-14H,2H2/t4-,6-,7-,8-;3-,4+,5+,6-/m10/s1. The fraction of sp³-hybridized carbons (Fsp3) is 0.667. The summed E-state index contributed by atoms with van der Waals surface area (Å²) in [5.41, 5.74) is 6.34. The highest BCUT2D eigenvalue weighted by Crippen LogP contribution is 2.57. The second kappa shape index (κ2) is 14.9. The molecular weight excluding hydrogens is 584 g/mol. The van der Waals surface area contributed by atoms with Gasteiger partial charge < -0.3 is 54.9 Å². The smallest absolute Gasteiger partial charge is 0.394 e. The van der Waals surface area contributed by atoms with Gasteiger partial charge in [0.1, 0.15) is 42.8 Å². The number of nitrogens with zero attached hydrogens (tertiary/aromatic N) is 4. The topological polar surface area (TPSA) is 365 Å². The third-order valence-corrected chi connectivity index (χ3v) is 6.83. The Hall–Kier alpha value is -2.36. The summed E-state index contributed by atoms with van der Waals surface area (Å²) in [4.78, 5) is 63.2. The molecule has 1 fully saturated rings. The lowest BCUT2D eigenvalue weighted by Crippen LogP contribution is -2.45. The number of carbonyl (C=O) groups excluding carboxylic acids is 1. The van der Waals surface area contributed by atoms with Crippen molar-refractivity contribution in [3.8, 4) is 0 Å². The van der Waals surface area contributed by atoms with E-state index in [2.05, 4.69) is 18.9 Å². The van der Waals surface area contributed by atoms with Crippen LogP contribution in [0, 0.1) is 0 Å². The van der Waals surface area contributed by atoms with Gasteiger partial charge in [-0.15, -0.1) is 0 Å². The van der Waals surface area contributed by atoms with Crippen molar-refractivity contribution in [3.63, 3.8) is 0 Å². The Morgan fingerprint density at radius 2 is 1.79 bits per heavy atom. The first-order valence-electron chi connectivity index (χ1n) is 10.2. The van der Waals surface area contributed by atoms with Crippen LogP contribution in [0.1, 0.15) is 6.23 Å². The predicted octanol–water partition coefficient (Wildman–Crippen LogP) is -4.68. The monoisotopic (exact) mass is 609 g/mol. The number of hydrogen-bond donors (Lipinski definition) is 10. The molecule has 0 spiro atoms. The van der Waals surface area contributed by atoms with Crippen LogP contribution >= 0.6 is 15.6 Å². The molecule has 222 valence electrons. The minimum absolute atomic E-state index is 0.137. The SMILES string of the molecule is O=c1ccn([C@@H]2O[C@H](COP(=O)(O)OP(=O)(O)O)[C@@H](O)[C@H]2O)c(=O)[nH]1.[N-]=[N+]=N[C@@H](C=O)[C@@H](O)[C@@H](O)[C@H](O)CO. The molecule has 0 amide bonds. The number of azide groups is 1. The summed E-state index contributed by atoms with van der Waals surface area (Å²) >= 11 is 0. The first-order chi connectivity index (χ1) is 18.0. The van der Waals surface area contributed by atoms with E-state index in [0.717, 1.165) is 16.8 Å². The number of carbonyl (C=O) groups is 1. The molecule has 1 aromatic rings. The third-order valence-electron chi connectivity index (χ3n) is 4.68. The van der Waals surface area contributed by atoms with Gasteiger partial charge in [-0.25, -0.2) is 13.9 Å². The van der Waals surface area contributed by atoms with Crippen molar-refractivity contribution < 1.29 is 72.8 Å². The molecule has 0 saturated carbocycles. The zero-order valence-corrected chi connectivity index (χ0v) is 21.0. The number of rotatable bonds is 12. The summed E-state index contributed by atoms with van der Waals surface area (Å²) in [6.07, 6.45) is -10.2. The van der Waals surface area contributed by atoms with E-state index >= 15 is 0 Å². The van der Waals surface area contributed by atoms with Crippen molar-refractivity contribution in [1.29, 1.82) is 0 Å². The molecule has 0 bridgehead atoms. The molecule has 10 N–H and O–H groups in total. The number of H-pyrrole nitrogens is 1. The van der Waals surface area contributed by atoms with Crippen molar-refractivity contribution in [1.82, 2.24) is 9.55 Å². The number of hydrogen-bond acceptors (Lipinski definition) is 15. The lowest BCUT2D eigenvalue weighted by molar-refractivity contribution is -0.118. The number of aliphatic hydroxyl groups excluding tert-OH is 6. The van der Waals surface area contributed by atoms with Crippen molar-refractivity contribution in [3.05, 3.63) is 43.5 Å². The molecule has 1 aliphatic heterocycles. The van der Waals surface area contributed by atoms with Crippen molar-refractivity contribution in [2.75, 3.05) is 13.2 Å². The van der Waals surface area contributed by atoms with Gasteiger partial charge in [-0.1, -0.05) is 5.11 Å². The zero-order valence-electron chi connectivity index (χ0n) is 19.2. The van der Waals surface area contributed by atoms with Crippen LogP contribution in [0.3, 0.4) is 0 Å². The Morgan fingerprint density at radius 3 is 2.28 bits per heavy atom. The minimum Gasteiger partial charge on any atom is -0.394 e. The minimum atomic E-state index is -5.32. The molecule has 1 saturated heterocycles. The number of aldehydes is 1. The van der Waals surface area contributed by atoms with E-state index in [0.29, 0.717) is 0 Å². The molecule has 1 aromatic heterocycles. The van der Waals surface area contributed by atoms with Crippen LogP contribution in [-0.2, 0) is 27.5 Å². The number of phosphoric acid groups is 2. The maximum atomic E-state index is 11.7. The van der Waals surface area contributed by atoms with E-state index in [1.807, 2.05) is 4.98 Å². The van der Waals surface area contributed by atoms with Crippen LogP contribution in [0.4, 0.5) is 0 Å². The van der Waals surface area contributed by atoms with E-state index in [4.69, 9.17) is 40.3 Å². The number of aliphatic hydroxyl groups is 6. The Morgan fingerprint density at radius 1 is 1.18 bits per heavy atom. The quantitative estimate of drug-likeness (QED) is 0.0350. The van der Waals surface area contributed by atoms with Gasteiger partial charge in [-0.3, -0.25) is 18.9 Å². The number of aromatic nitrogens is 2. The Kier molecular flexibility index (Phi) is 13.2. The van der Waals surface area contributed by atoms with Crippen molar-refractivity contribution in [2.24, 2.45) is 5.11 Å². The number of aromatic amines is 1. The van der Waals surface area contributed by atoms with Gasteiger partial charge in [0.2, 0.25) is 0 Å². The molecule has 9 atom stereocenters. The fourth-order valence-corrected chi connectivity index (χ4v) is 4.42. The van der Waals surface area contributed by atoms with E-state index in [9.17, 15) is 38.8 Å². The number of nitrogens with one attached hydrogen (secondary N) is 1. The summed E-state index contributed by atoms with van der Waals surface area (Å²) in [5.74, 6) is 0. The molecule has 39 heavy (non-hydrogen) atoms. The van der Waals surface area contributed by atoms with Gasteiger partial charge >= 0.3 is 21.3 Å². The van der Waals surface area contributed by atoms with Crippen LogP contribution in [0.15, 0.2) is 27.0 Å². The molecule has 0 aromatic carbocycles. The van der Waals surface area contributed by atoms with E-state index in [-0.39, 0.29) is 6.29 Å². The van der Waals surface area contributed by atoms with Crippen LogP contribution < -0.4 is 11.2 Å². The Bertz CT molecular complexity index is 1210. The molecule has 2 heterocycles. The van der Waals surface area contributed by atoms with Crippen LogP contribution in [0.25, 0.3) is 10.4 Å². The van der Waals surface area contributed by atoms with Crippen LogP contribution in [-0.4, -0.2) is 117 Å². The van der Waals surface area contributed by atoms with Gasteiger partial charge in [0, 0.05) is 17.2 Å². The molecule has 2 rings (SSSR count). The van der Waals surface area contributed by atoms with Gasteiger partial charge in [0.15, 0.2) is 6.23 Å². The maximum Gasteiger partial charge on any atom is 0.481 e. The van der Waals surface area contributed by atoms with Crippen molar-refractivity contribution >= 4 is 21.9 Å². The second-order valence-electron chi connectivity index (χ2n) is 7.46. The van der Waals surface area contributed by atoms with Gasteiger partial charge in [0.25, 0.3) is 5.56 Å². The Balaban J connectivity index is 0.000000464. The first-order valence-corrected chi connectivity index (χ1v) is 13.2. The summed E-state index contributed by atoms with van der Waals surface area (Å²) < 4.78 is 35.6. The highest BCUT2D eigenvalue weighted by atomic mass is 31.3. The van der Waals surface area contributed by atoms with Gasteiger partial charge in [-0.05, 0) is 5.53 Å². The molecule has 1 aliphatic rings. The van der Waals surface area contributed by atoms with E-state index in [1.54, 1.807) is 0 Å². The second-order valence-corrected chi connectivity index (χ2v) is 10.3. The molecule has 0 aliphatic carbocycles. The lowest BCUT2D eigenvalue weighted by atomic mass is 10.0. The highest BCUT2D eigenvalue weighted by Gasteiger charge is 2.45. The summed E-state index contributed by atoms with van der Waals surface area (Å²) in [6.45, 7) is -1.68. The van der Waals surface area contributed by atoms with Gasteiger partial charge in [0.05, 0.1) is 19.3 Å². The number of phosphoric ester groups is 1. The van der Waals surface area contributed by atoms with Crippen LogP contribution in [0.2, 0.25) is 0 Å². The summed E-state index contributed by atoms with van der Waals surface area (Å²) in [6, 6.07) is -0.528. The predicted molar refractivity (Wildman–Crippen MR) is 120 cm³/mol. The van der Waals surface area contributed by atoms with Crippen molar-refractivity contribution in [2.45, 2.75) is 48.9 Å². The third kappa shape index (κ3) is 10.6. The largest absolute Gasteiger partial charge is 0.481 e. The fourth-order valence-electron chi connectivity index (χ4n) is 2.82. The molecule has 1 unspecified atom stereocenters. The molecule has 0 radical (unpaired) electrons. The average molecular weight is 609 g/mol. The maximum absolute atomic E-state index is 11.7. The number of ether oxygens (including phenoxy) is 1. The molecular formula is C15H25N5O17P2. The highest BCUT2D eigenvalue weighted by molar-refractivity contribution is 7.60. The lowest BCUT2D eigenvalue weighted by Gasteiger charge is -2.22. The first kappa shape index (κ1) is 34.7. The normalized spacial score (nSPS) is 25.7. The van der Waals surface area contributed by atoms with E-state index < -0.39 is 89.0 Å². The zero-order chi connectivity index (χ0) is 30.1. The molecule has 22 nitrogen and oxygen atoms in total. The summed E-state index contributed by atoms with van der Waals surface area (Å²) in [7, 11) is -10.5. The Labute approximate surface area is 215 Å². The van der Waals surface area contributed by atoms with E-state index in [1.165, 1.54) is 0 Å². The van der Waals surface area contributed by atoms with Gasteiger partial charge in [-0.2, -0.15) is 4.31 Å². The summed E-state index contributed by atoms with van der Waals surface area (Å²) in [5, 5.41) is 58.3. The van der Waals surface area contributed by atoms with Crippen LogP contribution in [0.5, 0.6) is 0 Å².